The van der Waals surface area contributed by atoms with Crippen molar-refractivity contribution in [1.29, 1.82) is 0 Å². The van der Waals surface area contributed by atoms with Crippen LogP contribution in [0, 0.1) is 6.92 Å². The van der Waals surface area contributed by atoms with Gasteiger partial charge in [-0.3, -0.25) is 0 Å². The first-order valence-electron chi connectivity index (χ1n) is 5.59. The highest BCUT2D eigenvalue weighted by Crippen LogP contribution is 2.25. The second kappa shape index (κ2) is 6.38. The van der Waals surface area contributed by atoms with Crippen LogP contribution in [-0.4, -0.2) is 19.8 Å². The number of aryl methyl sites for hydroxylation is 1. The number of ether oxygens (including phenoxy) is 1. The van der Waals surface area contributed by atoms with Gasteiger partial charge in [-0.15, -0.1) is 0 Å². The van der Waals surface area contributed by atoms with E-state index in [2.05, 4.69) is 60.2 Å². The molecule has 0 saturated carbocycles. The quantitative estimate of drug-likeness (QED) is 0.895. The Hall–Kier alpha value is -0.380. The molecule has 0 aliphatic heterocycles. The molecule has 2 nitrogen and oxygen atoms in total. The normalized spacial score (nSPS) is 13.1. The number of hydrogen-bond donors (Lipinski definition) is 1. The maximum Gasteiger partial charge on any atom is 0.0665 e. The van der Waals surface area contributed by atoms with Gasteiger partial charge in [0.05, 0.1) is 18.8 Å². The third-order valence-electron chi connectivity index (χ3n) is 2.47. The maximum atomic E-state index is 5.66. The summed E-state index contributed by atoms with van der Waals surface area (Å²) in [5, 5.41) is 3.29. The van der Waals surface area contributed by atoms with Crippen molar-refractivity contribution in [2.75, 3.05) is 13.7 Å². The third-order valence-corrected chi connectivity index (χ3v) is 3.19. The van der Waals surface area contributed by atoms with Gasteiger partial charge in [0, 0.05) is 4.47 Å². The van der Waals surface area contributed by atoms with Crippen molar-refractivity contribution in [3.05, 3.63) is 33.8 Å². The average molecular weight is 286 g/mol. The fraction of sp³-hybridized carbons (Fsp3) is 0.538. The first kappa shape index (κ1) is 13.7. The summed E-state index contributed by atoms with van der Waals surface area (Å²) in [6.45, 7) is 6.90. The molecule has 0 spiro atoms. The third kappa shape index (κ3) is 3.89. The highest BCUT2D eigenvalue weighted by Gasteiger charge is 2.13. The van der Waals surface area contributed by atoms with Crippen LogP contribution in [0.25, 0.3) is 0 Å². The second-order valence-corrected chi connectivity index (χ2v) is 5.10. The largest absolute Gasteiger partial charge is 0.377 e. The summed E-state index contributed by atoms with van der Waals surface area (Å²) in [5.74, 6) is 0. The Morgan fingerprint density at radius 3 is 2.62 bits per heavy atom. The monoisotopic (exact) mass is 285 g/mol. The fourth-order valence-electron chi connectivity index (χ4n) is 1.55. The Morgan fingerprint density at radius 2 is 2.06 bits per heavy atom. The Bertz CT molecular complexity index is 339. The van der Waals surface area contributed by atoms with Crippen LogP contribution in [0.3, 0.4) is 0 Å². The molecular formula is C13H20BrNO. The molecule has 1 unspecified atom stereocenters. The zero-order chi connectivity index (χ0) is 12.1. The number of rotatable bonds is 5. The van der Waals surface area contributed by atoms with Gasteiger partial charge >= 0.3 is 0 Å². The molecule has 0 saturated heterocycles. The van der Waals surface area contributed by atoms with Gasteiger partial charge < -0.3 is 10.1 Å². The molecule has 1 rings (SSSR count). The predicted octanol–water partition coefficient (Wildman–Crippen LogP) is 3.44. The summed E-state index contributed by atoms with van der Waals surface area (Å²) >= 11 is 3.58. The van der Waals surface area contributed by atoms with Crippen LogP contribution < -0.4 is 5.32 Å². The van der Waals surface area contributed by atoms with E-state index < -0.39 is 0 Å². The van der Waals surface area contributed by atoms with E-state index in [9.17, 15) is 0 Å². The van der Waals surface area contributed by atoms with Crippen molar-refractivity contribution in [3.63, 3.8) is 0 Å². The zero-order valence-corrected chi connectivity index (χ0v) is 12.0. The molecular weight excluding hydrogens is 266 g/mol. The molecule has 0 aliphatic carbocycles. The van der Waals surface area contributed by atoms with Crippen LogP contribution in [0.1, 0.15) is 31.0 Å². The van der Waals surface area contributed by atoms with Crippen LogP contribution in [0.4, 0.5) is 0 Å². The van der Waals surface area contributed by atoms with Crippen LogP contribution in [-0.2, 0) is 4.74 Å². The Balaban J connectivity index is 2.81. The number of halogens is 1. The predicted molar refractivity (Wildman–Crippen MR) is 71.8 cm³/mol. The first-order valence-corrected chi connectivity index (χ1v) is 6.38. The van der Waals surface area contributed by atoms with E-state index in [0.29, 0.717) is 6.61 Å². The van der Waals surface area contributed by atoms with Crippen molar-refractivity contribution < 1.29 is 4.74 Å². The lowest BCUT2D eigenvalue weighted by Gasteiger charge is -2.20. The van der Waals surface area contributed by atoms with Crippen molar-refractivity contribution in [2.45, 2.75) is 32.9 Å². The van der Waals surface area contributed by atoms with E-state index in [1.807, 2.05) is 7.05 Å². The molecule has 1 N–H and O–H groups in total. The lowest BCUT2D eigenvalue weighted by molar-refractivity contribution is 0.0625. The molecule has 1 aromatic carbocycles. The number of nitrogens with one attached hydrogen (secondary N) is 1. The summed E-state index contributed by atoms with van der Waals surface area (Å²) in [6.07, 6.45) is 0.263. The Labute approximate surface area is 107 Å². The molecule has 0 bridgehead atoms. The molecule has 0 aromatic heterocycles. The minimum atomic E-state index is 0.233. The fourth-order valence-corrected chi connectivity index (χ4v) is 2.07. The van der Waals surface area contributed by atoms with E-state index in [0.717, 1.165) is 4.47 Å². The van der Waals surface area contributed by atoms with E-state index in [1.165, 1.54) is 11.1 Å². The highest BCUT2D eigenvalue weighted by molar-refractivity contribution is 9.10. The van der Waals surface area contributed by atoms with E-state index in [-0.39, 0.29) is 12.1 Å². The van der Waals surface area contributed by atoms with Gasteiger partial charge in [-0.2, -0.15) is 0 Å². The van der Waals surface area contributed by atoms with Gasteiger partial charge in [0.2, 0.25) is 0 Å². The summed E-state index contributed by atoms with van der Waals surface area (Å²) in [4.78, 5) is 0. The summed E-state index contributed by atoms with van der Waals surface area (Å²) < 4.78 is 6.79. The standard InChI is InChI=1S/C13H20BrNO/c1-9(2)16-8-13(15-4)11-7-10(3)5-6-12(11)14/h5-7,9,13,15H,8H2,1-4H3. The van der Waals surface area contributed by atoms with Crippen LogP contribution in [0.15, 0.2) is 22.7 Å². The molecule has 1 atom stereocenters. The second-order valence-electron chi connectivity index (χ2n) is 4.25. The van der Waals surface area contributed by atoms with Gasteiger partial charge in [-0.05, 0) is 39.4 Å². The van der Waals surface area contributed by atoms with Crippen LogP contribution >= 0.6 is 15.9 Å². The lowest BCUT2D eigenvalue weighted by atomic mass is 10.1. The Kier molecular flexibility index (Phi) is 5.46. The molecule has 0 aliphatic rings. The van der Waals surface area contributed by atoms with E-state index >= 15 is 0 Å². The first-order chi connectivity index (χ1) is 7.54. The highest BCUT2D eigenvalue weighted by atomic mass is 79.9. The van der Waals surface area contributed by atoms with Gasteiger partial charge in [-0.1, -0.05) is 33.6 Å². The van der Waals surface area contributed by atoms with Gasteiger partial charge in [0.15, 0.2) is 0 Å². The molecule has 0 amide bonds. The molecule has 0 radical (unpaired) electrons. The van der Waals surface area contributed by atoms with Gasteiger partial charge in [0.25, 0.3) is 0 Å². The minimum Gasteiger partial charge on any atom is -0.377 e. The molecule has 1 aromatic rings. The number of hydrogen-bond acceptors (Lipinski definition) is 2. The lowest BCUT2D eigenvalue weighted by Crippen LogP contribution is -2.24. The van der Waals surface area contributed by atoms with Crippen LogP contribution in [0.2, 0.25) is 0 Å². The molecule has 0 heterocycles. The Morgan fingerprint density at radius 1 is 1.38 bits per heavy atom. The molecule has 0 fully saturated rings. The summed E-state index contributed by atoms with van der Waals surface area (Å²) in [5.41, 5.74) is 2.52. The van der Waals surface area contributed by atoms with Crippen molar-refractivity contribution >= 4 is 15.9 Å². The van der Waals surface area contributed by atoms with Gasteiger partial charge in [0.1, 0.15) is 0 Å². The van der Waals surface area contributed by atoms with Crippen molar-refractivity contribution in [1.82, 2.24) is 5.32 Å². The number of likely N-dealkylation sites (N-methyl/N-ethyl adjacent to an activating group) is 1. The molecule has 3 heteroatoms. The number of benzene rings is 1. The summed E-state index contributed by atoms with van der Waals surface area (Å²) in [7, 11) is 1.96. The smallest absolute Gasteiger partial charge is 0.0665 e. The average Bonchev–Trinajstić information content (AvgIpc) is 2.23. The maximum absolute atomic E-state index is 5.66. The van der Waals surface area contributed by atoms with Crippen molar-refractivity contribution in [2.24, 2.45) is 0 Å². The van der Waals surface area contributed by atoms with Gasteiger partial charge in [-0.25, -0.2) is 0 Å². The van der Waals surface area contributed by atoms with E-state index in [4.69, 9.17) is 4.74 Å². The van der Waals surface area contributed by atoms with Crippen LogP contribution in [0.5, 0.6) is 0 Å². The zero-order valence-electron chi connectivity index (χ0n) is 10.4. The van der Waals surface area contributed by atoms with Crippen molar-refractivity contribution in [3.8, 4) is 0 Å². The van der Waals surface area contributed by atoms with E-state index in [1.54, 1.807) is 0 Å². The summed E-state index contributed by atoms with van der Waals surface area (Å²) in [6, 6.07) is 6.61. The SMILES string of the molecule is CNC(COC(C)C)c1cc(C)ccc1Br. The topological polar surface area (TPSA) is 21.3 Å². The molecule has 90 valence electrons. The minimum absolute atomic E-state index is 0.233. The molecule has 16 heavy (non-hydrogen) atoms.